The molecule has 0 bridgehead atoms. The highest BCUT2D eigenvalue weighted by Gasteiger charge is 2.25. The molecule has 0 aromatic heterocycles. The molecule has 0 saturated carbocycles. The number of phosphoric acid groups is 1. The van der Waals surface area contributed by atoms with Crippen molar-refractivity contribution in [1.82, 2.24) is 14.7 Å². The van der Waals surface area contributed by atoms with E-state index >= 15 is 0 Å². The van der Waals surface area contributed by atoms with E-state index in [2.05, 4.69) is 0 Å². The minimum absolute atomic E-state index is 0.192. The SMILES string of the molecule is CCCCCCCCOP(=O)([O-])OCC(CN(CCN(CC(=O)[O-])CC(=O)[O-])CC(=O)[O-])N(CC(=O)[O-])CC(=O)[O-]. The molecule has 0 radical (unpaired) electrons. The van der Waals surface area contributed by atoms with Gasteiger partial charge in [-0.25, -0.2) is 0 Å². The number of carbonyl (C=O) groups excluding carboxylic acids is 5. The molecule has 41 heavy (non-hydrogen) atoms. The second kappa shape index (κ2) is 21.1. The normalized spacial score (nSPS) is 13.8. The first kappa shape index (κ1) is 38.3. The quantitative estimate of drug-likeness (QED) is 0.0618. The largest absolute Gasteiger partial charge is 0.756 e. The van der Waals surface area contributed by atoms with E-state index in [1.54, 1.807) is 0 Å². The highest BCUT2D eigenvalue weighted by Crippen LogP contribution is 2.38. The molecule has 2 atom stereocenters. The Morgan fingerprint density at radius 1 is 0.659 bits per heavy atom. The first-order valence-corrected chi connectivity index (χ1v) is 14.4. The Morgan fingerprint density at radius 2 is 1.10 bits per heavy atom. The minimum atomic E-state index is -4.95. The third-order valence-corrected chi connectivity index (χ3v) is 6.58. The summed E-state index contributed by atoms with van der Waals surface area (Å²) >= 11 is 0. The van der Waals surface area contributed by atoms with Crippen LogP contribution >= 0.6 is 7.82 Å². The molecule has 0 spiro atoms. The van der Waals surface area contributed by atoms with Gasteiger partial charge in [0.25, 0.3) is 7.82 Å². The summed E-state index contributed by atoms with van der Waals surface area (Å²) in [5, 5.41) is 55.7. The van der Waals surface area contributed by atoms with Crippen molar-refractivity contribution < 1.29 is 68.0 Å². The van der Waals surface area contributed by atoms with E-state index in [1.165, 1.54) is 0 Å². The summed E-state index contributed by atoms with van der Waals surface area (Å²) in [5.41, 5.74) is 0. The summed E-state index contributed by atoms with van der Waals surface area (Å²) < 4.78 is 21.9. The van der Waals surface area contributed by atoms with Crippen LogP contribution in [0.15, 0.2) is 0 Å². The van der Waals surface area contributed by atoms with Crippen LogP contribution in [0.4, 0.5) is 0 Å². The number of carboxylic acid groups (broad SMARTS) is 5. The third-order valence-electron chi connectivity index (χ3n) is 5.61. The number of aliphatic carboxylic acids is 5. The average molecular weight is 610 g/mol. The molecular weight excluding hydrogens is 573 g/mol. The third kappa shape index (κ3) is 21.7. The zero-order valence-electron chi connectivity index (χ0n) is 22.9. The van der Waals surface area contributed by atoms with Gasteiger partial charge in [0.1, 0.15) is 0 Å². The first-order chi connectivity index (χ1) is 19.1. The van der Waals surface area contributed by atoms with Crippen LogP contribution in [0.25, 0.3) is 0 Å². The number of carboxylic acids is 5. The molecule has 0 aromatic rings. The molecule has 18 heteroatoms. The predicted molar refractivity (Wildman–Crippen MR) is 126 cm³/mol. The summed E-state index contributed by atoms with van der Waals surface area (Å²) in [6.07, 6.45) is 5.06. The number of hydrogen-bond acceptors (Lipinski definition) is 17. The van der Waals surface area contributed by atoms with Crippen molar-refractivity contribution in [2.24, 2.45) is 0 Å². The number of carbonyl (C=O) groups is 5. The van der Waals surface area contributed by atoms with E-state index < -0.39 is 89.6 Å². The lowest BCUT2D eigenvalue weighted by atomic mass is 10.1. The Labute approximate surface area is 237 Å². The lowest BCUT2D eigenvalue weighted by molar-refractivity contribution is -0.313. The van der Waals surface area contributed by atoms with E-state index in [1.807, 2.05) is 6.92 Å². The van der Waals surface area contributed by atoms with Crippen molar-refractivity contribution in [3.8, 4) is 0 Å². The van der Waals surface area contributed by atoms with Crippen molar-refractivity contribution >= 4 is 37.7 Å². The molecule has 0 aliphatic heterocycles. The lowest BCUT2D eigenvalue weighted by Crippen LogP contribution is -2.55. The van der Waals surface area contributed by atoms with Gasteiger partial charge >= 0.3 is 0 Å². The highest BCUT2D eigenvalue weighted by atomic mass is 31.2. The molecule has 0 heterocycles. The summed E-state index contributed by atoms with van der Waals surface area (Å²) in [4.78, 5) is 70.5. The van der Waals surface area contributed by atoms with Gasteiger partial charge in [0.2, 0.25) is 0 Å². The summed E-state index contributed by atoms with van der Waals surface area (Å²) in [6, 6.07) is -1.42. The Hall–Kier alpha value is -2.66. The molecule has 0 aliphatic carbocycles. The predicted octanol–water partition coefficient (Wildman–Crippen LogP) is -7.13. The van der Waals surface area contributed by atoms with Crippen molar-refractivity contribution in [3.05, 3.63) is 0 Å². The van der Waals surface area contributed by atoms with Crippen LogP contribution in [0.2, 0.25) is 0 Å². The molecule has 0 fully saturated rings. The van der Waals surface area contributed by atoms with Gasteiger partial charge < -0.3 is 63.4 Å². The molecule has 0 aliphatic rings. The number of rotatable bonds is 27. The van der Waals surface area contributed by atoms with Gasteiger partial charge in [0.05, 0.1) is 43.1 Å². The molecule has 0 rings (SSSR count). The van der Waals surface area contributed by atoms with E-state index in [0.29, 0.717) is 17.7 Å². The van der Waals surface area contributed by atoms with Gasteiger partial charge in [-0.1, -0.05) is 39.0 Å². The lowest BCUT2D eigenvalue weighted by Gasteiger charge is -2.37. The first-order valence-electron chi connectivity index (χ1n) is 12.9. The van der Waals surface area contributed by atoms with Gasteiger partial charge in [-0.3, -0.25) is 19.3 Å². The minimum Gasteiger partial charge on any atom is -0.756 e. The molecule has 0 amide bonds. The Kier molecular flexibility index (Phi) is 19.7. The van der Waals surface area contributed by atoms with E-state index in [-0.39, 0.29) is 19.7 Å². The van der Waals surface area contributed by atoms with Crippen LogP contribution in [-0.2, 0) is 37.6 Å². The summed E-state index contributed by atoms with van der Waals surface area (Å²) in [7, 11) is -4.95. The Balaban J connectivity index is 5.64. The molecule has 0 aromatic carbocycles. The monoisotopic (exact) mass is 609 g/mol. The molecule has 0 N–H and O–H groups in total. The molecular formula is C23H36N3O14P-6. The highest BCUT2D eigenvalue weighted by molar-refractivity contribution is 7.45. The topological polar surface area (TPSA) is 269 Å². The van der Waals surface area contributed by atoms with Crippen LogP contribution in [0.1, 0.15) is 45.4 Å². The maximum atomic E-state index is 12.3. The second-order valence-electron chi connectivity index (χ2n) is 9.21. The number of nitrogens with zero attached hydrogens (tertiary/aromatic N) is 3. The van der Waals surface area contributed by atoms with E-state index in [9.17, 15) is 59.0 Å². The molecule has 2 unspecified atom stereocenters. The molecule has 17 nitrogen and oxygen atoms in total. The zero-order valence-corrected chi connectivity index (χ0v) is 23.8. The van der Waals surface area contributed by atoms with Crippen LogP contribution in [0.5, 0.6) is 0 Å². The number of phosphoric ester groups is 1. The smallest absolute Gasteiger partial charge is 0.267 e. The van der Waals surface area contributed by atoms with Gasteiger partial charge in [-0.2, -0.15) is 0 Å². The van der Waals surface area contributed by atoms with Crippen LogP contribution in [0.3, 0.4) is 0 Å². The average Bonchev–Trinajstić information content (AvgIpc) is 2.82. The maximum absolute atomic E-state index is 12.3. The standard InChI is InChI=1S/C23H42N3O14P/c1-2-3-4-5-6-7-10-39-41(37,38)40-17-18(26(15-22(33)34)16-23(35)36)11-24(12-19(27)28)8-9-25(13-20(29)30)14-21(31)32/h18H,2-17H2,1H3,(H,27,28)(H,29,30)(H,31,32)(H,33,34)(H,35,36)(H,37,38)/p-6. The van der Waals surface area contributed by atoms with Gasteiger partial charge in [-0.15, -0.1) is 0 Å². The molecule has 238 valence electrons. The van der Waals surface area contributed by atoms with Gasteiger partial charge in [0, 0.05) is 58.4 Å². The van der Waals surface area contributed by atoms with Crippen molar-refractivity contribution in [1.29, 1.82) is 0 Å². The molecule has 0 saturated heterocycles. The van der Waals surface area contributed by atoms with Gasteiger partial charge in [-0.05, 0) is 6.42 Å². The van der Waals surface area contributed by atoms with E-state index in [0.717, 1.165) is 35.5 Å². The fraction of sp³-hybridized carbons (Fsp3) is 0.783. The van der Waals surface area contributed by atoms with Crippen molar-refractivity contribution in [3.63, 3.8) is 0 Å². The van der Waals surface area contributed by atoms with Crippen LogP contribution in [-0.4, -0.2) is 116 Å². The van der Waals surface area contributed by atoms with Crippen molar-refractivity contribution in [2.45, 2.75) is 51.5 Å². The number of hydrogen-bond donors (Lipinski definition) is 0. The number of unbranched alkanes of at least 4 members (excludes halogenated alkanes) is 5. The van der Waals surface area contributed by atoms with Crippen LogP contribution < -0.4 is 30.4 Å². The summed E-state index contributed by atoms with van der Waals surface area (Å²) in [6.45, 7) is -4.94. The van der Waals surface area contributed by atoms with E-state index in [4.69, 9.17) is 9.05 Å². The van der Waals surface area contributed by atoms with Gasteiger partial charge in [0.15, 0.2) is 0 Å². The fourth-order valence-electron chi connectivity index (χ4n) is 3.77. The second-order valence-corrected chi connectivity index (χ2v) is 10.6. The van der Waals surface area contributed by atoms with Crippen molar-refractivity contribution in [2.75, 3.05) is 65.6 Å². The summed E-state index contributed by atoms with van der Waals surface area (Å²) in [5.74, 6) is -8.42. The Bertz CT molecular complexity index is 858. The fourth-order valence-corrected chi connectivity index (χ4v) is 4.55. The van der Waals surface area contributed by atoms with Crippen LogP contribution in [0, 0.1) is 0 Å². The zero-order chi connectivity index (χ0) is 31.4. The Morgan fingerprint density at radius 3 is 1.59 bits per heavy atom. The maximum Gasteiger partial charge on any atom is 0.267 e.